The second-order valence-electron chi connectivity index (χ2n) is 6.98. The lowest BCUT2D eigenvalue weighted by molar-refractivity contribution is -0.121. The number of carbonyl (C=O) groups excluding carboxylic acids is 2. The van der Waals surface area contributed by atoms with Crippen molar-refractivity contribution in [1.82, 2.24) is 4.90 Å². The van der Waals surface area contributed by atoms with Crippen molar-refractivity contribution in [3.8, 4) is 0 Å². The lowest BCUT2D eigenvalue weighted by Gasteiger charge is -2.35. The molecule has 0 aromatic heterocycles. The molecule has 5 heteroatoms. The number of nitrogens with zero attached hydrogens (tertiary/aromatic N) is 2. The second-order valence-corrected chi connectivity index (χ2v) is 6.98. The van der Waals surface area contributed by atoms with Crippen LogP contribution in [0.3, 0.4) is 0 Å². The van der Waals surface area contributed by atoms with E-state index in [0.717, 1.165) is 16.5 Å². The molecule has 1 saturated heterocycles. The monoisotopic (exact) mass is 326 g/mol. The number of piperazine rings is 1. The molecule has 0 N–H and O–H groups in total. The molecule has 1 heterocycles. The summed E-state index contributed by atoms with van der Waals surface area (Å²) in [5.41, 5.74) is 0.304. The maximum absolute atomic E-state index is 12.5. The van der Waals surface area contributed by atoms with Crippen molar-refractivity contribution in [3.05, 3.63) is 42.5 Å². The van der Waals surface area contributed by atoms with Gasteiger partial charge >= 0.3 is 6.09 Å². The molecule has 0 spiro atoms. The maximum atomic E-state index is 12.5. The predicted molar refractivity (Wildman–Crippen MR) is 94.1 cm³/mol. The van der Waals surface area contributed by atoms with E-state index in [2.05, 4.69) is 0 Å². The van der Waals surface area contributed by atoms with Gasteiger partial charge in [0.25, 0.3) is 0 Å². The summed E-state index contributed by atoms with van der Waals surface area (Å²) in [5.74, 6) is -0.0950. The zero-order valence-electron chi connectivity index (χ0n) is 14.3. The van der Waals surface area contributed by atoms with Gasteiger partial charge in [0.05, 0.1) is 0 Å². The van der Waals surface area contributed by atoms with E-state index in [1.807, 2.05) is 63.2 Å². The van der Waals surface area contributed by atoms with Gasteiger partial charge in [-0.25, -0.2) is 4.79 Å². The summed E-state index contributed by atoms with van der Waals surface area (Å²) in [7, 11) is 0. The lowest BCUT2D eigenvalue weighted by Crippen LogP contribution is -2.53. The van der Waals surface area contributed by atoms with Crippen LogP contribution in [0.15, 0.2) is 42.5 Å². The van der Waals surface area contributed by atoms with E-state index < -0.39 is 11.7 Å². The average molecular weight is 326 g/mol. The first-order valence-electron chi connectivity index (χ1n) is 8.10. The molecule has 0 saturated carbocycles. The van der Waals surface area contributed by atoms with Crippen LogP contribution in [0.2, 0.25) is 0 Å². The van der Waals surface area contributed by atoms with E-state index in [4.69, 9.17) is 4.74 Å². The molecule has 2 aromatic rings. The summed E-state index contributed by atoms with van der Waals surface area (Å²) in [6.45, 7) is 6.43. The number of rotatable bonds is 1. The Balaban J connectivity index is 1.73. The fourth-order valence-electron chi connectivity index (χ4n) is 2.77. The summed E-state index contributed by atoms with van der Waals surface area (Å²) in [5, 5.41) is 2.23. The second kappa shape index (κ2) is 6.15. The topological polar surface area (TPSA) is 49.9 Å². The number of benzene rings is 2. The summed E-state index contributed by atoms with van der Waals surface area (Å²) < 4.78 is 5.34. The van der Waals surface area contributed by atoms with Gasteiger partial charge in [-0.3, -0.25) is 9.69 Å². The molecule has 5 nitrogen and oxygen atoms in total. The van der Waals surface area contributed by atoms with Crippen LogP contribution >= 0.6 is 0 Å². The molecule has 3 rings (SSSR count). The summed E-state index contributed by atoms with van der Waals surface area (Å²) in [6.07, 6.45) is -0.436. The van der Waals surface area contributed by atoms with Crippen LogP contribution < -0.4 is 4.90 Å². The van der Waals surface area contributed by atoms with Crippen LogP contribution in [0.25, 0.3) is 10.8 Å². The standard InChI is InChI=1S/C19H22N2O3/c1-19(2,3)24-18(23)20-10-11-21(17(22)13-20)16-9-8-14-6-4-5-7-15(14)12-16/h4-9,12H,10-11,13H2,1-3H3. The van der Waals surface area contributed by atoms with Gasteiger partial charge in [0, 0.05) is 18.8 Å². The number of hydrogen-bond donors (Lipinski definition) is 0. The molecule has 2 aromatic carbocycles. The minimum atomic E-state index is -0.560. The Hall–Kier alpha value is -2.56. The quantitative estimate of drug-likeness (QED) is 0.807. The van der Waals surface area contributed by atoms with E-state index in [-0.39, 0.29) is 12.5 Å². The number of fused-ring (bicyclic) bond motifs is 1. The molecule has 1 aliphatic rings. The van der Waals surface area contributed by atoms with Gasteiger partial charge in [-0.1, -0.05) is 30.3 Å². The average Bonchev–Trinajstić information content (AvgIpc) is 2.52. The first-order chi connectivity index (χ1) is 11.3. The number of amides is 2. The van der Waals surface area contributed by atoms with Crippen LogP contribution in [0.5, 0.6) is 0 Å². The van der Waals surface area contributed by atoms with Gasteiger partial charge in [0.15, 0.2) is 0 Å². The van der Waals surface area contributed by atoms with Gasteiger partial charge in [-0.15, -0.1) is 0 Å². The van der Waals surface area contributed by atoms with E-state index >= 15 is 0 Å². The highest BCUT2D eigenvalue weighted by molar-refractivity contribution is 5.99. The van der Waals surface area contributed by atoms with Gasteiger partial charge in [-0.2, -0.15) is 0 Å². The highest BCUT2D eigenvalue weighted by Gasteiger charge is 2.30. The normalized spacial score (nSPS) is 15.7. The zero-order chi connectivity index (χ0) is 17.3. The van der Waals surface area contributed by atoms with Gasteiger partial charge in [0.2, 0.25) is 5.91 Å². The first kappa shape index (κ1) is 16.3. The molecule has 1 aliphatic heterocycles. The van der Waals surface area contributed by atoms with Crippen molar-refractivity contribution in [2.75, 3.05) is 24.5 Å². The third-order valence-corrected chi connectivity index (χ3v) is 3.92. The molecule has 1 fully saturated rings. The van der Waals surface area contributed by atoms with E-state index in [9.17, 15) is 9.59 Å². The molecule has 2 amide bonds. The van der Waals surface area contributed by atoms with Crippen LogP contribution in [-0.2, 0) is 9.53 Å². The van der Waals surface area contributed by atoms with Crippen molar-refractivity contribution in [2.45, 2.75) is 26.4 Å². The fourth-order valence-corrected chi connectivity index (χ4v) is 2.77. The van der Waals surface area contributed by atoms with Crippen molar-refractivity contribution >= 4 is 28.5 Å². The van der Waals surface area contributed by atoms with Crippen LogP contribution in [0, 0.1) is 0 Å². The minimum Gasteiger partial charge on any atom is -0.444 e. The van der Waals surface area contributed by atoms with E-state index in [1.165, 1.54) is 4.90 Å². The fraction of sp³-hybridized carbons (Fsp3) is 0.368. The molecular weight excluding hydrogens is 304 g/mol. The van der Waals surface area contributed by atoms with Gasteiger partial charge < -0.3 is 9.64 Å². The van der Waals surface area contributed by atoms with Crippen molar-refractivity contribution < 1.29 is 14.3 Å². The molecule has 0 unspecified atom stereocenters. The lowest BCUT2D eigenvalue weighted by atomic mass is 10.1. The molecule has 0 aliphatic carbocycles. The summed E-state index contributed by atoms with van der Waals surface area (Å²) in [4.78, 5) is 27.8. The Morgan fingerprint density at radius 1 is 1.04 bits per heavy atom. The maximum Gasteiger partial charge on any atom is 0.410 e. The van der Waals surface area contributed by atoms with Crippen molar-refractivity contribution in [2.24, 2.45) is 0 Å². The Labute approximate surface area is 141 Å². The van der Waals surface area contributed by atoms with E-state index in [0.29, 0.717) is 13.1 Å². The molecule has 24 heavy (non-hydrogen) atoms. The number of anilines is 1. The molecule has 0 radical (unpaired) electrons. The SMILES string of the molecule is CC(C)(C)OC(=O)N1CCN(c2ccc3ccccc3c2)C(=O)C1. The van der Waals surface area contributed by atoms with Crippen LogP contribution in [0.1, 0.15) is 20.8 Å². The summed E-state index contributed by atoms with van der Waals surface area (Å²) >= 11 is 0. The molecule has 0 bridgehead atoms. The smallest absolute Gasteiger partial charge is 0.410 e. The predicted octanol–water partition coefficient (Wildman–Crippen LogP) is 3.42. The summed E-state index contributed by atoms with van der Waals surface area (Å²) in [6, 6.07) is 14.0. The van der Waals surface area contributed by atoms with Gasteiger partial charge in [-0.05, 0) is 43.7 Å². The number of hydrogen-bond acceptors (Lipinski definition) is 3. The number of carbonyl (C=O) groups is 2. The molecule has 0 atom stereocenters. The first-order valence-corrected chi connectivity index (χ1v) is 8.10. The Bertz CT molecular complexity index is 780. The van der Waals surface area contributed by atoms with Crippen LogP contribution in [-0.4, -0.2) is 42.1 Å². The van der Waals surface area contributed by atoms with Crippen molar-refractivity contribution in [3.63, 3.8) is 0 Å². The highest BCUT2D eigenvalue weighted by atomic mass is 16.6. The number of ether oxygens (including phenoxy) is 1. The highest BCUT2D eigenvalue weighted by Crippen LogP contribution is 2.24. The third-order valence-electron chi connectivity index (χ3n) is 3.92. The Morgan fingerprint density at radius 2 is 1.75 bits per heavy atom. The van der Waals surface area contributed by atoms with Crippen LogP contribution in [0.4, 0.5) is 10.5 Å². The third kappa shape index (κ3) is 3.50. The van der Waals surface area contributed by atoms with E-state index in [1.54, 1.807) is 4.90 Å². The zero-order valence-corrected chi connectivity index (χ0v) is 14.3. The van der Waals surface area contributed by atoms with Crippen molar-refractivity contribution in [1.29, 1.82) is 0 Å². The molecular formula is C19H22N2O3. The largest absolute Gasteiger partial charge is 0.444 e. The Kier molecular flexibility index (Phi) is 4.18. The molecule has 126 valence electrons. The van der Waals surface area contributed by atoms with Gasteiger partial charge in [0.1, 0.15) is 12.1 Å². The Morgan fingerprint density at radius 3 is 2.42 bits per heavy atom. The minimum absolute atomic E-state index is 0.0434.